The Morgan fingerprint density at radius 1 is 1.13 bits per heavy atom. The van der Waals surface area contributed by atoms with Crippen molar-refractivity contribution in [1.82, 2.24) is 4.90 Å². The molecule has 166 valence electrons. The van der Waals surface area contributed by atoms with Gasteiger partial charge in [-0.3, -0.25) is 15.0 Å². The van der Waals surface area contributed by atoms with Crippen molar-refractivity contribution in [2.45, 2.75) is 25.1 Å². The largest absolute Gasteiger partial charge is 0.435 e. The monoisotopic (exact) mass is 454 g/mol. The Balaban J connectivity index is 1.61. The molecule has 0 aliphatic carbocycles. The highest BCUT2D eigenvalue weighted by Gasteiger charge is 2.44. The number of rotatable bonds is 6. The van der Waals surface area contributed by atoms with Gasteiger partial charge in [0.25, 0.3) is 0 Å². The fourth-order valence-corrected chi connectivity index (χ4v) is 3.65. The molecule has 3 rings (SSSR count). The molecular weight excluding hydrogens is 433 g/mol. The van der Waals surface area contributed by atoms with E-state index in [0.717, 1.165) is 0 Å². The Hall–Kier alpha value is -2.58. The lowest BCUT2D eigenvalue weighted by molar-refractivity contribution is -0.207. The summed E-state index contributed by atoms with van der Waals surface area (Å²) in [4.78, 5) is 26.2. The summed E-state index contributed by atoms with van der Waals surface area (Å²) in [7, 11) is 0. The molecular formula is C22H22ClF3N2O3. The third-order valence-corrected chi connectivity index (χ3v) is 5.32. The molecule has 31 heavy (non-hydrogen) atoms. The van der Waals surface area contributed by atoms with E-state index in [1.165, 1.54) is 29.2 Å². The van der Waals surface area contributed by atoms with Crippen LogP contribution in [0.1, 0.15) is 23.2 Å². The van der Waals surface area contributed by atoms with Gasteiger partial charge in [-0.05, 0) is 43.7 Å². The molecule has 1 fully saturated rings. The fourth-order valence-electron chi connectivity index (χ4n) is 3.53. The predicted molar refractivity (Wildman–Crippen MR) is 111 cm³/mol. The first-order valence-electron chi connectivity index (χ1n) is 9.84. The van der Waals surface area contributed by atoms with Gasteiger partial charge < -0.3 is 4.74 Å². The zero-order valence-corrected chi connectivity index (χ0v) is 17.3. The number of hydrogen-bond donors (Lipinski definition) is 1. The molecule has 1 N–H and O–H groups in total. The van der Waals surface area contributed by atoms with Crippen LogP contribution < -0.4 is 5.32 Å². The van der Waals surface area contributed by atoms with Crippen molar-refractivity contribution >= 4 is 29.2 Å². The number of Topliss-reactive ketones (excluding diaryl/α,β-unsaturated/α-hetero) is 1. The normalized spacial score (nSPS) is 18.3. The number of piperidine rings is 1. The van der Waals surface area contributed by atoms with E-state index in [0.29, 0.717) is 30.0 Å². The van der Waals surface area contributed by atoms with Gasteiger partial charge in [-0.2, -0.15) is 13.2 Å². The molecule has 1 aliphatic heterocycles. The van der Waals surface area contributed by atoms with Crippen LogP contribution in [0.25, 0.3) is 0 Å². The van der Waals surface area contributed by atoms with E-state index in [1.54, 1.807) is 30.3 Å². The zero-order chi connectivity index (χ0) is 22.4. The second-order valence-electron chi connectivity index (χ2n) is 7.40. The first-order chi connectivity index (χ1) is 14.7. The van der Waals surface area contributed by atoms with Crippen LogP contribution in [0.5, 0.6) is 0 Å². The Bertz CT molecular complexity index is 891. The second kappa shape index (κ2) is 10.2. The molecule has 1 saturated heterocycles. The van der Waals surface area contributed by atoms with Crippen molar-refractivity contribution in [3.63, 3.8) is 0 Å². The molecule has 2 atom stereocenters. The van der Waals surface area contributed by atoms with E-state index in [4.69, 9.17) is 16.3 Å². The summed E-state index contributed by atoms with van der Waals surface area (Å²) in [5.41, 5.74) is 0.808. The second-order valence-corrected chi connectivity index (χ2v) is 7.83. The fraction of sp³-hybridized carbons (Fsp3) is 0.364. The lowest BCUT2D eigenvalue weighted by atomic mass is 9.90. The minimum Gasteiger partial charge on any atom is -0.435 e. The van der Waals surface area contributed by atoms with E-state index in [1.807, 2.05) is 0 Å². The van der Waals surface area contributed by atoms with Gasteiger partial charge in [-0.1, -0.05) is 41.9 Å². The van der Waals surface area contributed by atoms with Crippen molar-refractivity contribution in [2.24, 2.45) is 5.92 Å². The van der Waals surface area contributed by atoms with Crippen molar-refractivity contribution in [3.8, 4) is 0 Å². The minimum absolute atomic E-state index is 0.0877. The predicted octanol–water partition coefficient (Wildman–Crippen LogP) is 5.41. The van der Waals surface area contributed by atoms with E-state index >= 15 is 0 Å². The third kappa shape index (κ3) is 6.70. The third-order valence-electron chi connectivity index (χ3n) is 5.06. The first kappa shape index (κ1) is 23.1. The zero-order valence-electron chi connectivity index (χ0n) is 16.6. The van der Waals surface area contributed by atoms with E-state index in [-0.39, 0.29) is 18.0 Å². The van der Waals surface area contributed by atoms with Crippen molar-refractivity contribution in [2.75, 3.05) is 25.0 Å². The summed E-state index contributed by atoms with van der Waals surface area (Å²) >= 11 is 5.75. The first-order valence-corrected chi connectivity index (χ1v) is 10.2. The average Bonchev–Trinajstić information content (AvgIpc) is 2.74. The number of alkyl halides is 3. The Morgan fingerprint density at radius 3 is 2.45 bits per heavy atom. The highest BCUT2D eigenvalue weighted by Crippen LogP contribution is 2.27. The highest BCUT2D eigenvalue weighted by molar-refractivity contribution is 6.30. The molecule has 1 aliphatic rings. The summed E-state index contributed by atoms with van der Waals surface area (Å²) in [6.07, 6.45) is -7.07. The van der Waals surface area contributed by atoms with Crippen LogP contribution in [0.15, 0.2) is 54.6 Å². The SMILES string of the molecule is O=C(Nc1ccc(Cl)cc1)O[C@@H](CN1CCCC(C(=O)c2ccccc2)C1)C(F)(F)F. The maximum absolute atomic E-state index is 13.5. The molecule has 1 unspecified atom stereocenters. The van der Waals surface area contributed by atoms with Crippen LogP contribution in [0.3, 0.4) is 0 Å². The molecule has 5 nitrogen and oxygen atoms in total. The molecule has 1 heterocycles. The number of benzene rings is 2. The molecule has 2 aromatic carbocycles. The van der Waals surface area contributed by atoms with Crippen LogP contribution in [-0.2, 0) is 4.74 Å². The summed E-state index contributed by atoms with van der Waals surface area (Å²) in [5, 5.41) is 2.69. The van der Waals surface area contributed by atoms with Gasteiger partial charge >= 0.3 is 12.3 Å². The number of halogens is 4. The topological polar surface area (TPSA) is 58.6 Å². The number of hydrogen-bond acceptors (Lipinski definition) is 4. The molecule has 0 bridgehead atoms. The Labute approximate surface area is 183 Å². The van der Waals surface area contributed by atoms with Gasteiger partial charge in [0.2, 0.25) is 6.10 Å². The molecule has 0 saturated carbocycles. The van der Waals surface area contributed by atoms with Gasteiger partial charge in [-0.15, -0.1) is 0 Å². The van der Waals surface area contributed by atoms with Gasteiger partial charge in [0, 0.05) is 35.3 Å². The number of nitrogens with one attached hydrogen (secondary N) is 1. The smallest absolute Gasteiger partial charge is 0.426 e. The number of carbonyl (C=O) groups excluding carboxylic acids is 2. The quantitative estimate of drug-likeness (QED) is 0.592. The van der Waals surface area contributed by atoms with E-state index < -0.39 is 30.8 Å². The number of amides is 1. The van der Waals surface area contributed by atoms with Crippen LogP contribution in [0, 0.1) is 5.92 Å². The van der Waals surface area contributed by atoms with Crippen molar-refractivity contribution < 1.29 is 27.5 Å². The van der Waals surface area contributed by atoms with Gasteiger partial charge in [-0.25, -0.2) is 4.79 Å². The Kier molecular flexibility index (Phi) is 7.56. The van der Waals surface area contributed by atoms with E-state index in [2.05, 4.69) is 5.32 Å². The van der Waals surface area contributed by atoms with Gasteiger partial charge in [0.05, 0.1) is 0 Å². The summed E-state index contributed by atoms with van der Waals surface area (Å²) in [5.74, 6) is -0.483. The molecule has 0 radical (unpaired) electrons. The summed E-state index contributed by atoms with van der Waals surface area (Å²) in [6, 6.07) is 14.6. The maximum Gasteiger partial charge on any atom is 0.426 e. The number of ketones is 1. The Morgan fingerprint density at radius 2 is 1.81 bits per heavy atom. The number of ether oxygens (including phenoxy) is 1. The lowest BCUT2D eigenvalue weighted by Gasteiger charge is -2.34. The molecule has 0 aromatic heterocycles. The molecule has 2 aromatic rings. The number of anilines is 1. The van der Waals surface area contributed by atoms with Gasteiger partial charge in [0.1, 0.15) is 0 Å². The molecule has 1 amide bonds. The van der Waals surface area contributed by atoms with Crippen LogP contribution in [0.2, 0.25) is 5.02 Å². The standard InChI is InChI=1S/C22H22ClF3N2O3/c23-17-8-10-18(11-9-17)27-21(30)31-19(22(24,25)26)14-28-12-4-7-16(13-28)20(29)15-5-2-1-3-6-15/h1-3,5-6,8-11,16,19H,4,7,12-14H2,(H,27,30)/t16?,19-/m0/s1. The number of nitrogens with zero attached hydrogens (tertiary/aromatic N) is 1. The van der Waals surface area contributed by atoms with E-state index in [9.17, 15) is 22.8 Å². The molecule has 9 heteroatoms. The highest BCUT2D eigenvalue weighted by atomic mass is 35.5. The van der Waals surface area contributed by atoms with Crippen LogP contribution in [-0.4, -0.2) is 48.7 Å². The van der Waals surface area contributed by atoms with Crippen LogP contribution >= 0.6 is 11.6 Å². The van der Waals surface area contributed by atoms with Crippen molar-refractivity contribution in [3.05, 3.63) is 65.2 Å². The van der Waals surface area contributed by atoms with Crippen LogP contribution in [0.4, 0.5) is 23.7 Å². The summed E-state index contributed by atoms with van der Waals surface area (Å²) in [6.45, 7) is 0.0475. The number of likely N-dealkylation sites (tertiary alicyclic amines) is 1. The minimum atomic E-state index is -4.74. The van der Waals surface area contributed by atoms with Gasteiger partial charge in [0.15, 0.2) is 5.78 Å². The van der Waals surface area contributed by atoms with Crippen molar-refractivity contribution in [1.29, 1.82) is 0 Å². The number of carbonyl (C=O) groups is 2. The molecule has 0 spiro atoms. The summed E-state index contributed by atoms with van der Waals surface area (Å²) < 4.78 is 45.3. The lowest BCUT2D eigenvalue weighted by Crippen LogP contribution is -2.48. The maximum atomic E-state index is 13.5. The average molecular weight is 455 g/mol.